The molecule has 1 aliphatic heterocycles. The highest BCUT2D eigenvalue weighted by atomic mass is 79.9. The molecular weight excluding hydrogens is 344 g/mol. The van der Waals surface area contributed by atoms with Crippen molar-refractivity contribution in [2.24, 2.45) is 5.92 Å². The molecule has 1 saturated heterocycles. The monoisotopic (exact) mass is 368 g/mol. The first kappa shape index (κ1) is 17.3. The topological polar surface area (TPSA) is 41.6 Å². The lowest BCUT2D eigenvalue weighted by Gasteiger charge is -2.35. The molecule has 1 aliphatic rings. The number of hydrogen-bond donors (Lipinski definition) is 1. The lowest BCUT2D eigenvalue weighted by Crippen LogP contribution is -2.43. The van der Waals surface area contributed by atoms with Crippen molar-refractivity contribution in [2.45, 2.75) is 32.7 Å². The van der Waals surface area contributed by atoms with Gasteiger partial charge in [0.25, 0.3) is 5.91 Å². The molecule has 0 aromatic heterocycles. The highest BCUT2D eigenvalue weighted by molar-refractivity contribution is 9.10. The molecule has 0 bridgehead atoms. The third-order valence-corrected chi connectivity index (χ3v) is 4.94. The SMILES string of the molecule is COc1ccc(Br)c(C(=O)NCC2CCCN(C(C)C)C2)c1. The molecule has 0 aliphatic carbocycles. The molecular formula is C17H25BrN2O2. The van der Waals surface area contributed by atoms with E-state index < -0.39 is 0 Å². The van der Waals surface area contributed by atoms with E-state index in [1.165, 1.54) is 19.4 Å². The van der Waals surface area contributed by atoms with E-state index in [0.29, 0.717) is 23.3 Å². The van der Waals surface area contributed by atoms with Crippen LogP contribution in [-0.2, 0) is 0 Å². The summed E-state index contributed by atoms with van der Waals surface area (Å²) in [4.78, 5) is 14.9. The Labute approximate surface area is 141 Å². The molecule has 1 amide bonds. The van der Waals surface area contributed by atoms with Crippen LogP contribution in [0.4, 0.5) is 0 Å². The maximum atomic E-state index is 12.4. The van der Waals surface area contributed by atoms with Crippen LogP contribution in [0.1, 0.15) is 37.0 Å². The fourth-order valence-corrected chi connectivity index (χ4v) is 3.30. The van der Waals surface area contributed by atoms with Crippen LogP contribution in [0.15, 0.2) is 22.7 Å². The van der Waals surface area contributed by atoms with Gasteiger partial charge in [0.05, 0.1) is 12.7 Å². The van der Waals surface area contributed by atoms with E-state index in [2.05, 4.69) is 40.0 Å². The average Bonchev–Trinajstić information content (AvgIpc) is 2.53. The van der Waals surface area contributed by atoms with Gasteiger partial charge in [0.15, 0.2) is 0 Å². The molecule has 0 radical (unpaired) electrons. The van der Waals surface area contributed by atoms with Gasteiger partial charge in [0.2, 0.25) is 0 Å². The van der Waals surface area contributed by atoms with Gasteiger partial charge in [-0.05, 0) is 73.3 Å². The van der Waals surface area contributed by atoms with Crippen LogP contribution in [-0.4, -0.2) is 43.6 Å². The molecule has 5 heteroatoms. The highest BCUT2D eigenvalue weighted by Crippen LogP contribution is 2.23. The quantitative estimate of drug-likeness (QED) is 0.866. The number of hydrogen-bond acceptors (Lipinski definition) is 3. The van der Waals surface area contributed by atoms with Crippen molar-refractivity contribution in [3.8, 4) is 5.75 Å². The van der Waals surface area contributed by atoms with Crippen LogP contribution in [0.5, 0.6) is 5.75 Å². The lowest BCUT2D eigenvalue weighted by atomic mass is 9.97. The van der Waals surface area contributed by atoms with Crippen LogP contribution >= 0.6 is 15.9 Å². The van der Waals surface area contributed by atoms with Gasteiger partial charge in [0.1, 0.15) is 5.75 Å². The Morgan fingerprint density at radius 2 is 2.27 bits per heavy atom. The smallest absolute Gasteiger partial charge is 0.252 e. The summed E-state index contributed by atoms with van der Waals surface area (Å²) < 4.78 is 5.98. The average molecular weight is 369 g/mol. The van der Waals surface area contributed by atoms with Crippen LogP contribution in [0, 0.1) is 5.92 Å². The van der Waals surface area contributed by atoms with Crippen molar-refractivity contribution >= 4 is 21.8 Å². The molecule has 1 unspecified atom stereocenters. The molecule has 1 heterocycles. The fourth-order valence-electron chi connectivity index (χ4n) is 2.87. The first-order chi connectivity index (χ1) is 10.5. The third kappa shape index (κ3) is 4.46. The summed E-state index contributed by atoms with van der Waals surface area (Å²) in [5.41, 5.74) is 0.621. The predicted octanol–water partition coefficient (Wildman–Crippen LogP) is 3.31. The lowest BCUT2D eigenvalue weighted by molar-refractivity contribution is 0.0921. The predicted molar refractivity (Wildman–Crippen MR) is 92.5 cm³/mol. The Morgan fingerprint density at radius 3 is 2.95 bits per heavy atom. The minimum Gasteiger partial charge on any atom is -0.497 e. The van der Waals surface area contributed by atoms with Gasteiger partial charge in [0, 0.05) is 23.6 Å². The number of ether oxygens (including phenoxy) is 1. The molecule has 1 aromatic carbocycles. The van der Waals surface area contributed by atoms with Crippen molar-refractivity contribution in [1.29, 1.82) is 0 Å². The second-order valence-electron chi connectivity index (χ2n) is 6.15. The maximum absolute atomic E-state index is 12.4. The highest BCUT2D eigenvalue weighted by Gasteiger charge is 2.22. The molecule has 0 spiro atoms. The number of methoxy groups -OCH3 is 1. The number of amides is 1. The number of nitrogens with zero attached hydrogens (tertiary/aromatic N) is 1. The number of benzene rings is 1. The minimum atomic E-state index is -0.0487. The number of halogens is 1. The van der Waals surface area contributed by atoms with Crippen molar-refractivity contribution < 1.29 is 9.53 Å². The number of rotatable bonds is 5. The summed E-state index contributed by atoms with van der Waals surface area (Å²) in [5, 5.41) is 3.07. The van der Waals surface area contributed by atoms with Crippen LogP contribution in [0.2, 0.25) is 0 Å². The van der Waals surface area contributed by atoms with Gasteiger partial charge in [-0.15, -0.1) is 0 Å². The van der Waals surface area contributed by atoms with Crippen LogP contribution in [0.25, 0.3) is 0 Å². The Morgan fingerprint density at radius 1 is 1.50 bits per heavy atom. The van der Waals surface area contributed by atoms with Gasteiger partial charge in [-0.25, -0.2) is 0 Å². The summed E-state index contributed by atoms with van der Waals surface area (Å²) in [6.07, 6.45) is 2.39. The maximum Gasteiger partial charge on any atom is 0.252 e. The molecule has 1 N–H and O–H groups in total. The first-order valence-electron chi connectivity index (χ1n) is 7.87. The summed E-state index contributed by atoms with van der Waals surface area (Å²) in [6.45, 7) is 7.43. The molecule has 4 nitrogen and oxygen atoms in total. The largest absolute Gasteiger partial charge is 0.497 e. The molecule has 2 rings (SSSR count). The number of piperidine rings is 1. The third-order valence-electron chi connectivity index (χ3n) is 4.25. The van der Waals surface area contributed by atoms with Gasteiger partial charge in [-0.1, -0.05) is 0 Å². The zero-order valence-electron chi connectivity index (χ0n) is 13.6. The summed E-state index contributed by atoms with van der Waals surface area (Å²) in [7, 11) is 1.60. The van der Waals surface area contributed by atoms with E-state index >= 15 is 0 Å². The molecule has 1 fully saturated rings. The molecule has 122 valence electrons. The van der Waals surface area contributed by atoms with E-state index in [4.69, 9.17) is 4.74 Å². The molecule has 1 aromatic rings. The fraction of sp³-hybridized carbons (Fsp3) is 0.588. The zero-order chi connectivity index (χ0) is 16.1. The van der Waals surface area contributed by atoms with Crippen molar-refractivity contribution in [1.82, 2.24) is 10.2 Å². The van der Waals surface area contributed by atoms with Gasteiger partial charge in [-0.3, -0.25) is 4.79 Å². The van der Waals surface area contributed by atoms with Crippen molar-refractivity contribution in [3.63, 3.8) is 0 Å². The zero-order valence-corrected chi connectivity index (χ0v) is 15.1. The molecule has 0 saturated carbocycles. The van der Waals surface area contributed by atoms with E-state index in [1.807, 2.05) is 12.1 Å². The number of likely N-dealkylation sites (tertiary alicyclic amines) is 1. The number of carbonyl (C=O) groups excluding carboxylic acids is 1. The standard InChI is InChI=1S/C17H25BrN2O2/c1-12(2)20-8-4-5-13(11-20)10-19-17(21)15-9-14(22-3)6-7-16(15)18/h6-7,9,12-13H,4-5,8,10-11H2,1-3H3,(H,19,21). The Balaban J connectivity index is 1.92. The van der Waals surface area contributed by atoms with Crippen LogP contribution < -0.4 is 10.1 Å². The Bertz CT molecular complexity index is 519. The van der Waals surface area contributed by atoms with E-state index in [1.54, 1.807) is 13.2 Å². The van der Waals surface area contributed by atoms with Crippen molar-refractivity contribution in [2.75, 3.05) is 26.7 Å². The van der Waals surface area contributed by atoms with Crippen molar-refractivity contribution in [3.05, 3.63) is 28.2 Å². The number of nitrogens with one attached hydrogen (secondary N) is 1. The van der Waals surface area contributed by atoms with Gasteiger partial charge >= 0.3 is 0 Å². The second kappa shape index (κ2) is 7.97. The Kier molecular flexibility index (Phi) is 6.26. The van der Waals surface area contributed by atoms with Gasteiger partial charge < -0.3 is 15.0 Å². The van der Waals surface area contributed by atoms with E-state index in [9.17, 15) is 4.79 Å². The first-order valence-corrected chi connectivity index (χ1v) is 8.66. The van der Waals surface area contributed by atoms with Gasteiger partial charge in [-0.2, -0.15) is 0 Å². The summed E-state index contributed by atoms with van der Waals surface area (Å²) >= 11 is 3.43. The van der Waals surface area contributed by atoms with E-state index in [-0.39, 0.29) is 5.91 Å². The second-order valence-corrected chi connectivity index (χ2v) is 7.01. The molecule has 22 heavy (non-hydrogen) atoms. The van der Waals surface area contributed by atoms with Crippen LogP contribution in [0.3, 0.4) is 0 Å². The number of carbonyl (C=O) groups is 1. The molecule has 1 atom stereocenters. The summed E-state index contributed by atoms with van der Waals surface area (Å²) in [6, 6.07) is 6.02. The van der Waals surface area contributed by atoms with E-state index in [0.717, 1.165) is 17.6 Å². The Hall–Kier alpha value is -1.07. The normalized spacial score (nSPS) is 19.2. The minimum absolute atomic E-state index is 0.0487. The summed E-state index contributed by atoms with van der Waals surface area (Å²) in [5.74, 6) is 1.17.